The first-order valence-electron chi connectivity index (χ1n) is 9.30. The number of likely N-dealkylation sites (tertiary alicyclic amines) is 1. The number of halogens is 1. The van der Waals surface area contributed by atoms with E-state index in [9.17, 15) is 4.79 Å². The lowest BCUT2D eigenvalue weighted by Gasteiger charge is -2.34. The standard InChI is InChI=1S/C20H28ClN3O/c1-14-9-15(2)13-24(12-14)8-4-3-7-22-20(25)19-10-16-5-6-17(21)11-18(16)23-19/h5-6,10-11,14-15,23H,3-4,7-9,12-13H2,1-2H3,(H,22,25). The van der Waals surface area contributed by atoms with Crippen molar-refractivity contribution in [3.63, 3.8) is 0 Å². The molecule has 4 nitrogen and oxygen atoms in total. The van der Waals surface area contributed by atoms with Gasteiger partial charge in [-0.2, -0.15) is 0 Å². The Hall–Kier alpha value is -1.52. The van der Waals surface area contributed by atoms with Gasteiger partial charge in [-0.3, -0.25) is 4.79 Å². The SMILES string of the molecule is CC1CC(C)CN(CCCCNC(=O)c2cc3ccc(Cl)cc3[nH]2)C1. The lowest BCUT2D eigenvalue weighted by Crippen LogP contribution is -2.39. The fraction of sp³-hybridized carbons (Fsp3) is 0.550. The van der Waals surface area contributed by atoms with Gasteiger partial charge in [0.1, 0.15) is 5.69 Å². The second-order valence-corrected chi connectivity index (χ2v) is 8.02. The number of carbonyl (C=O) groups is 1. The molecule has 1 fully saturated rings. The largest absolute Gasteiger partial charge is 0.351 e. The minimum Gasteiger partial charge on any atom is -0.351 e. The van der Waals surface area contributed by atoms with Gasteiger partial charge in [-0.05, 0) is 55.8 Å². The average molecular weight is 362 g/mol. The number of hydrogen-bond donors (Lipinski definition) is 2. The number of nitrogens with one attached hydrogen (secondary N) is 2. The highest BCUT2D eigenvalue weighted by Gasteiger charge is 2.20. The van der Waals surface area contributed by atoms with Gasteiger partial charge in [-0.1, -0.05) is 31.5 Å². The van der Waals surface area contributed by atoms with Crippen molar-refractivity contribution in [3.05, 3.63) is 35.0 Å². The van der Waals surface area contributed by atoms with Crippen LogP contribution in [0.3, 0.4) is 0 Å². The Morgan fingerprint density at radius 3 is 2.76 bits per heavy atom. The van der Waals surface area contributed by atoms with E-state index in [0.717, 1.165) is 42.1 Å². The van der Waals surface area contributed by atoms with Crippen LogP contribution in [0.4, 0.5) is 0 Å². The van der Waals surface area contributed by atoms with Gasteiger partial charge in [0.15, 0.2) is 0 Å². The number of amides is 1. The van der Waals surface area contributed by atoms with Crippen LogP contribution in [0, 0.1) is 11.8 Å². The van der Waals surface area contributed by atoms with E-state index in [4.69, 9.17) is 11.6 Å². The Kier molecular flexibility index (Phi) is 6.02. The van der Waals surface area contributed by atoms with Crippen molar-refractivity contribution in [2.45, 2.75) is 33.1 Å². The number of unbranched alkanes of at least 4 members (excludes halogenated alkanes) is 1. The van der Waals surface area contributed by atoms with Gasteiger partial charge >= 0.3 is 0 Å². The molecule has 1 aliphatic heterocycles. The molecule has 2 unspecified atom stereocenters. The monoisotopic (exact) mass is 361 g/mol. The van der Waals surface area contributed by atoms with E-state index in [0.29, 0.717) is 17.3 Å². The molecule has 1 aliphatic rings. The normalized spacial score (nSPS) is 21.6. The predicted molar refractivity (Wildman–Crippen MR) is 104 cm³/mol. The number of piperidine rings is 1. The molecular formula is C20H28ClN3O. The Morgan fingerprint density at radius 1 is 1.24 bits per heavy atom. The van der Waals surface area contributed by atoms with Crippen molar-refractivity contribution in [1.82, 2.24) is 15.2 Å². The third kappa shape index (κ3) is 4.99. The molecule has 25 heavy (non-hydrogen) atoms. The summed E-state index contributed by atoms with van der Waals surface area (Å²) in [5.74, 6) is 1.56. The fourth-order valence-electron chi connectivity index (χ4n) is 3.95. The van der Waals surface area contributed by atoms with Gasteiger partial charge in [0.2, 0.25) is 0 Å². The van der Waals surface area contributed by atoms with Crippen molar-refractivity contribution < 1.29 is 4.79 Å². The maximum absolute atomic E-state index is 12.3. The Labute approximate surface area is 154 Å². The minimum atomic E-state index is -0.0486. The molecular weight excluding hydrogens is 334 g/mol. The molecule has 1 saturated heterocycles. The minimum absolute atomic E-state index is 0.0486. The van der Waals surface area contributed by atoms with Gasteiger partial charge in [0.05, 0.1) is 0 Å². The molecule has 1 amide bonds. The summed E-state index contributed by atoms with van der Waals surface area (Å²) in [6, 6.07) is 7.47. The number of carbonyl (C=O) groups excluding carboxylic acids is 1. The van der Waals surface area contributed by atoms with Crippen LogP contribution in [0.2, 0.25) is 5.02 Å². The number of hydrogen-bond acceptors (Lipinski definition) is 2. The molecule has 0 saturated carbocycles. The summed E-state index contributed by atoms with van der Waals surface area (Å²) in [5, 5.41) is 4.68. The quantitative estimate of drug-likeness (QED) is 0.753. The highest BCUT2D eigenvalue weighted by atomic mass is 35.5. The summed E-state index contributed by atoms with van der Waals surface area (Å²) in [4.78, 5) is 18.0. The van der Waals surface area contributed by atoms with Crippen molar-refractivity contribution >= 4 is 28.4 Å². The second kappa shape index (κ2) is 8.24. The smallest absolute Gasteiger partial charge is 0.267 e. The van der Waals surface area contributed by atoms with Crippen molar-refractivity contribution in [2.75, 3.05) is 26.2 Å². The third-order valence-electron chi connectivity index (χ3n) is 4.96. The molecule has 2 aromatic rings. The number of nitrogens with zero attached hydrogens (tertiary/aromatic N) is 1. The van der Waals surface area contributed by atoms with Gasteiger partial charge in [-0.25, -0.2) is 0 Å². The average Bonchev–Trinajstić information content (AvgIpc) is 2.96. The number of benzene rings is 1. The van der Waals surface area contributed by atoms with Crippen LogP contribution < -0.4 is 5.32 Å². The summed E-state index contributed by atoms with van der Waals surface area (Å²) < 4.78 is 0. The molecule has 0 bridgehead atoms. The maximum atomic E-state index is 12.3. The van der Waals surface area contributed by atoms with Crippen LogP contribution in [0.1, 0.15) is 43.6 Å². The van der Waals surface area contributed by atoms with E-state index >= 15 is 0 Å². The molecule has 0 spiro atoms. The van der Waals surface area contributed by atoms with E-state index in [2.05, 4.69) is 29.0 Å². The van der Waals surface area contributed by atoms with Crippen LogP contribution in [0.5, 0.6) is 0 Å². The Balaban J connectivity index is 1.40. The highest BCUT2D eigenvalue weighted by molar-refractivity contribution is 6.31. The first-order chi connectivity index (χ1) is 12.0. The molecule has 136 valence electrons. The summed E-state index contributed by atoms with van der Waals surface area (Å²) in [5.41, 5.74) is 1.49. The molecule has 2 atom stereocenters. The lowest BCUT2D eigenvalue weighted by molar-refractivity contribution is 0.0947. The first-order valence-corrected chi connectivity index (χ1v) is 9.68. The number of H-pyrrole nitrogens is 1. The van der Waals surface area contributed by atoms with Crippen molar-refractivity contribution in [1.29, 1.82) is 0 Å². The van der Waals surface area contributed by atoms with Crippen LogP contribution in [-0.2, 0) is 0 Å². The van der Waals surface area contributed by atoms with Gasteiger partial charge in [0.25, 0.3) is 5.91 Å². The van der Waals surface area contributed by atoms with E-state index < -0.39 is 0 Å². The summed E-state index contributed by atoms with van der Waals surface area (Å²) in [7, 11) is 0. The zero-order chi connectivity index (χ0) is 17.8. The third-order valence-corrected chi connectivity index (χ3v) is 5.20. The van der Waals surface area contributed by atoms with Crippen LogP contribution in [-0.4, -0.2) is 42.0 Å². The summed E-state index contributed by atoms with van der Waals surface area (Å²) in [6.07, 6.45) is 3.49. The van der Waals surface area contributed by atoms with Crippen molar-refractivity contribution in [3.8, 4) is 0 Å². The number of rotatable bonds is 6. The fourth-order valence-corrected chi connectivity index (χ4v) is 4.13. The number of fused-ring (bicyclic) bond motifs is 1. The highest BCUT2D eigenvalue weighted by Crippen LogP contribution is 2.21. The van der Waals surface area contributed by atoms with Gasteiger partial charge < -0.3 is 15.2 Å². The summed E-state index contributed by atoms with van der Waals surface area (Å²) >= 11 is 5.98. The zero-order valence-corrected chi connectivity index (χ0v) is 15.9. The molecule has 3 rings (SSSR count). The van der Waals surface area contributed by atoms with E-state index in [-0.39, 0.29) is 5.91 Å². The molecule has 1 aromatic heterocycles. The second-order valence-electron chi connectivity index (χ2n) is 7.58. The predicted octanol–water partition coefficient (Wildman–Crippen LogP) is 4.31. The maximum Gasteiger partial charge on any atom is 0.267 e. The topological polar surface area (TPSA) is 48.1 Å². The summed E-state index contributed by atoms with van der Waals surface area (Å²) in [6.45, 7) is 8.97. The molecule has 0 radical (unpaired) electrons. The first kappa shape index (κ1) is 18.3. The molecule has 0 aliphatic carbocycles. The van der Waals surface area contributed by atoms with Crippen LogP contribution in [0.15, 0.2) is 24.3 Å². The Morgan fingerprint density at radius 2 is 2.00 bits per heavy atom. The van der Waals surface area contributed by atoms with Crippen LogP contribution in [0.25, 0.3) is 10.9 Å². The van der Waals surface area contributed by atoms with Crippen LogP contribution >= 0.6 is 11.6 Å². The number of aromatic amines is 1. The van der Waals surface area contributed by atoms with E-state index in [1.165, 1.54) is 19.5 Å². The van der Waals surface area contributed by atoms with E-state index in [1.807, 2.05) is 24.3 Å². The molecule has 1 aromatic carbocycles. The van der Waals surface area contributed by atoms with Crippen molar-refractivity contribution in [2.24, 2.45) is 11.8 Å². The molecule has 2 N–H and O–H groups in total. The number of aromatic nitrogens is 1. The molecule has 2 heterocycles. The van der Waals surface area contributed by atoms with E-state index in [1.54, 1.807) is 0 Å². The molecule has 5 heteroatoms. The lowest BCUT2D eigenvalue weighted by atomic mass is 9.92. The zero-order valence-electron chi connectivity index (χ0n) is 15.1. The van der Waals surface area contributed by atoms with Gasteiger partial charge in [-0.15, -0.1) is 0 Å². The Bertz CT molecular complexity index is 717. The van der Waals surface area contributed by atoms with Gasteiger partial charge in [0, 0.05) is 35.6 Å².